The lowest BCUT2D eigenvalue weighted by Crippen LogP contribution is -2.27. The molecule has 31 heavy (non-hydrogen) atoms. The smallest absolute Gasteiger partial charge is 0.132 e. The van der Waals surface area contributed by atoms with Crippen molar-refractivity contribution in [2.75, 3.05) is 51.2 Å². The molecule has 1 N–H and O–H groups in total. The molecule has 3 rings (SSSR count). The second-order valence-electron chi connectivity index (χ2n) is 7.84. The van der Waals surface area contributed by atoms with Gasteiger partial charge in [-0.05, 0) is 53.1 Å². The maximum absolute atomic E-state index is 10.6. The molecule has 0 aromatic heterocycles. The molecule has 3 aromatic carbocycles. The molecule has 5 nitrogen and oxygen atoms in total. The maximum Gasteiger partial charge on any atom is 0.132 e. The van der Waals surface area contributed by atoms with Gasteiger partial charge in [0.05, 0.1) is 12.7 Å². The lowest BCUT2D eigenvalue weighted by molar-refractivity contribution is 0.201. The van der Waals surface area contributed by atoms with Crippen LogP contribution in [0.5, 0.6) is 5.75 Å². The minimum Gasteiger partial charge on any atom is -0.491 e. The van der Waals surface area contributed by atoms with Crippen molar-refractivity contribution >= 4 is 11.4 Å². The highest BCUT2D eigenvalue weighted by molar-refractivity contribution is 5.61. The average molecular weight is 416 g/mol. The Balaban J connectivity index is 2.15. The summed E-state index contributed by atoms with van der Waals surface area (Å²) in [5.41, 5.74) is 3.86. The van der Waals surface area contributed by atoms with Crippen LogP contribution in [0.1, 0.15) is 16.7 Å². The van der Waals surface area contributed by atoms with Crippen molar-refractivity contribution in [2.45, 2.75) is 5.41 Å². The van der Waals surface area contributed by atoms with E-state index in [4.69, 9.17) is 9.84 Å². The Morgan fingerprint density at radius 2 is 1.13 bits per heavy atom. The molecule has 0 unspecified atom stereocenters. The molecular formula is C26H29N3O2. The molecule has 0 heterocycles. The van der Waals surface area contributed by atoms with Gasteiger partial charge in [0.1, 0.15) is 17.8 Å². The largest absolute Gasteiger partial charge is 0.491 e. The molecule has 160 valence electrons. The molecule has 0 aliphatic carbocycles. The van der Waals surface area contributed by atoms with Crippen LogP contribution in [0, 0.1) is 11.3 Å². The average Bonchev–Trinajstić information content (AvgIpc) is 2.80. The lowest BCUT2D eigenvalue weighted by Gasteiger charge is -2.30. The van der Waals surface area contributed by atoms with Gasteiger partial charge in [0.2, 0.25) is 0 Å². The van der Waals surface area contributed by atoms with Gasteiger partial charge in [-0.1, -0.05) is 36.4 Å². The third kappa shape index (κ3) is 4.50. The Hall–Kier alpha value is -3.49. The first-order valence-corrected chi connectivity index (χ1v) is 10.2. The van der Waals surface area contributed by atoms with Crippen molar-refractivity contribution in [2.24, 2.45) is 0 Å². The van der Waals surface area contributed by atoms with E-state index in [0.29, 0.717) is 5.75 Å². The summed E-state index contributed by atoms with van der Waals surface area (Å²) in [6.45, 7) is 0.196. The standard InChI is InChI=1S/C26H29N3O2/c1-28(2)23-11-5-20(6-12-23)26(19-27,21-7-13-24(14-8-21)29(3)4)22-9-15-25(16-10-22)31-18-17-30/h5-16,30H,17-18H2,1-4H3. The number of nitrogens with zero attached hydrogens (tertiary/aromatic N) is 3. The third-order valence-corrected chi connectivity index (χ3v) is 5.45. The van der Waals surface area contributed by atoms with E-state index in [1.807, 2.05) is 111 Å². The predicted octanol–water partition coefficient (Wildman–Crippen LogP) is 4.05. The topological polar surface area (TPSA) is 59.7 Å². The van der Waals surface area contributed by atoms with Crippen LogP contribution in [0.15, 0.2) is 72.8 Å². The summed E-state index contributed by atoms with van der Waals surface area (Å²) in [6, 6.07) is 26.4. The molecule has 0 radical (unpaired) electrons. The molecule has 0 saturated heterocycles. The van der Waals surface area contributed by atoms with Crippen molar-refractivity contribution in [3.8, 4) is 11.8 Å². The summed E-state index contributed by atoms with van der Waals surface area (Å²) in [4.78, 5) is 4.08. The highest BCUT2D eigenvalue weighted by atomic mass is 16.5. The van der Waals surface area contributed by atoms with Crippen LogP contribution in [0.4, 0.5) is 11.4 Å². The van der Waals surface area contributed by atoms with Gasteiger partial charge in [0, 0.05) is 39.6 Å². The van der Waals surface area contributed by atoms with E-state index in [2.05, 4.69) is 6.07 Å². The third-order valence-electron chi connectivity index (χ3n) is 5.45. The summed E-state index contributed by atoms with van der Waals surface area (Å²) in [6.07, 6.45) is 0. The SMILES string of the molecule is CN(C)c1ccc(C(C#N)(c2ccc(OCCO)cc2)c2ccc(N(C)C)cc2)cc1. The fourth-order valence-corrected chi connectivity index (χ4v) is 3.68. The van der Waals surface area contributed by atoms with Crippen molar-refractivity contribution in [3.63, 3.8) is 0 Å². The monoisotopic (exact) mass is 415 g/mol. The van der Waals surface area contributed by atoms with E-state index in [0.717, 1.165) is 28.1 Å². The van der Waals surface area contributed by atoms with Crippen molar-refractivity contribution in [3.05, 3.63) is 89.5 Å². The zero-order valence-electron chi connectivity index (χ0n) is 18.5. The first kappa shape index (κ1) is 22.2. The van der Waals surface area contributed by atoms with Gasteiger partial charge in [0.15, 0.2) is 0 Å². The van der Waals surface area contributed by atoms with Gasteiger partial charge in [0.25, 0.3) is 0 Å². The number of aliphatic hydroxyl groups is 1. The Kier molecular flexibility index (Phi) is 6.84. The van der Waals surface area contributed by atoms with Crippen molar-refractivity contribution in [1.82, 2.24) is 0 Å². The molecule has 5 heteroatoms. The number of nitriles is 1. The molecule has 0 aliphatic heterocycles. The molecule has 0 saturated carbocycles. The maximum atomic E-state index is 10.6. The molecule has 0 aliphatic rings. The number of hydrogen-bond donors (Lipinski definition) is 1. The van der Waals surface area contributed by atoms with E-state index in [1.54, 1.807) is 0 Å². The van der Waals surface area contributed by atoms with E-state index >= 15 is 0 Å². The van der Waals surface area contributed by atoms with Crippen LogP contribution < -0.4 is 14.5 Å². The normalized spacial score (nSPS) is 11.0. The van der Waals surface area contributed by atoms with Crippen molar-refractivity contribution < 1.29 is 9.84 Å². The molecule has 0 spiro atoms. The van der Waals surface area contributed by atoms with Gasteiger partial charge < -0.3 is 19.6 Å². The number of anilines is 2. The Morgan fingerprint density at radius 3 is 1.45 bits per heavy atom. The summed E-state index contributed by atoms with van der Waals surface area (Å²) in [7, 11) is 7.99. The van der Waals surface area contributed by atoms with E-state index < -0.39 is 5.41 Å². The summed E-state index contributed by atoms with van der Waals surface area (Å²) in [5.74, 6) is 0.663. The van der Waals surface area contributed by atoms with Crippen molar-refractivity contribution in [1.29, 1.82) is 5.26 Å². The number of aliphatic hydroxyl groups excluding tert-OH is 1. The summed E-state index contributed by atoms with van der Waals surface area (Å²) in [5, 5.41) is 19.6. The first-order valence-electron chi connectivity index (χ1n) is 10.2. The van der Waals surface area contributed by atoms with Gasteiger partial charge in [-0.25, -0.2) is 0 Å². The number of ether oxygens (including phenoxy) is 1. The molecule has 0 fully saturated rings. The zero-order valence-corrected chi connectivity index (χ0v) is 18.5. The second-order valence-corrected chi connectivity index (χ2v) is 7.84. The quantitative estimate of drug-likeness (QED) is 0.563. The van der Waals surface area contributed by atoms with Gasteiger partial charge in [-0.15, -0.1) is 0 Å². The van der Waals surface area contributed by atoms with Crippen LogP contribution in [0.25, 0.3) is 0 Å². The molecule has 0 bridgehead atoms. The molecule has 0 atom stereocenters. The number of benzene rings is 3. The Morgan fingerprint density at radius 1 is 0.742 bits per heavy atom. The van der Waals surface area contributed by atoms with Crippen LogP contribution in [0.3, 0.4) is 0 Å². The molecule has 3 aromatic rings. The molecule has 0 amide bonds. The van der Waals surface area contributed by atoms with Crippen LogP contribution in [0.2, 0.25) is 0 Å². The predicted molar refractivity (Wildman–Crippen MR) is 126 cm³/mol. The first-order chi connectivity index (χ1) is 14.9. The minimum atomic E-state index is -0.967. The summed E-state index contributed by atoms with van der Waals surface area (Å²) >= 11 is 0. The summed E-state index contributed by atoms with van der Waals surface area (Å²) < 4.78 is 5.51. The van der Waals surface area contributed by atoms with Gasteiger partial charge in [-0.2, -0.15) is 5.26 Å². The Bertz CT molecular complexity index is 967. The zero-order chi connectivity index (χ0) is 22.4. The highest BCUT2D eigenvalue weighted by Crippen LogP contribution is 2.40. The van der Waals surface area contributed by atoms with E-state index in [9.17, 15) is 5.26 Å². The highest BCUT2D eigenvalue weighted by Gasteiger charge is 2.37. The molecular weight excluding hydrogens is 386 g/mol. The fraction of sp³-hybridized carbons (Fsp3) is 0.269. The van der Waals surface area contributed by atoms with Gasteiger partial charge >= 0.3 is 0 Å². The fourth-order valence-electron chi connectivity index (χ4n) is 3.68. The van der Waals surface area contributed by atoms with Gasteiger partial charge in [-0.3, -0.25) is 0 Å². The van der Waals surface area contributed by atoms with Crippen LogP contribution in [-0.4, -0.2) is 46.5 Å². The minimum absolute atomic E-state index is 0.0413. The Labute approximate surface area is 184 Å². The van der Waals surface area contributed by atoms with E-state index in [1.165, 1.54) is 0 Å². The number of hydrogen-bond acceptors (Lipinski definition) is 5. The number of rotatable bonds is 8. The lowest BCUT2D eigenvalue weighted by atomic mass is 9.70. The second kappa shape index (κ2) is 9.55. The van der Waals surface area contributed by atoms with E-state index in [-0.39, 0.29) is 13.2 Å². The van der Waals surface area contributed by atoms with Crippen LogP contribution >= 0.6 is 0 Å². The van der Waals surface area contributed by atoms with Crippen LogP contribution in [-0.2, 0) is 5.41 Å².